The van der Waals surface area contributed by atoms with E-state index in [1.807, 2.05) is 6.92 Å². The molecular weight excluding hydrogens is 306 g/mol. The fourth-order valence-corrected chi connectivity index (χ4v) is 4.09. The lowest BCUT2D eigenvalue weighted by Gasteiger charge is -2.12. The summed E-state index contributed by atoms with van der Waals surface area (Å²) in [5.74, 6) is 0.0901. The number of thiophene rings is 1. The number of halogens is 1. The van der Waals surface area contributed by atoms with E-state index in [0.717, 1.165) is 22.6 Å². The lowest BCUT2D eigenvalue weighted by atomic mass is 10.1. The van der Waals surface area contributed by atoms with Crippen molar-refractivity contribution in [1.29, 1.82) is 0 Å². The summed E-state index contributed by atoms with van der Waals surface area (Å²) >= 11 is 1.09. The Morgan fingerprint density at radius 1 is 1.53 bits per heavy atom. The van der Waals surface area contributed by atoms with E-state index in [1.54, 1.807) is 6.07 Å². The Balaban J connectivity index is 2.03. The van der Waals surface area contributed by atoms with Gasteiger partial charge >= 0.3 is 0 Å². The SMILES string of the molecule is CC(NC(=O)C1CC1(C)C)c1ccc(S(=O)(=O)Cl)s1. The van der Waals surface area contributed by atoms with Crippen molar-refractivity contribution in [3.8, 4) is 0 Å². The summed E-state index contributed by atoms with van der Waals surface area (Å²) in [7, 11) is 1.59. The highest BCUT2D eigenvalue weighted by molar-refractivity contribution is 8.15. The van der Waals surface area contributed by atoms with Crippen molar-refractivity contribution in [2.75, 3.05) is 0 Å². The number of hydrogen-bond donors (Lipinski definition) is 1. The van der Waals surface area contributed by atoms with Crippen molar-refractivity contribution in [3.63, 3.8) is 0 Å². The first kappa shape index (κ1) is 14.8. The third-order valence-corrected chi connectivity index (χ3v) is 6.82. The van der Waals surface area contributed by atoms with Gasteiger partial charge in [-0.15, -0.1) is 11.3 Å². The Morgan fingerprint density at radius 2 is 2.11 bits per heavy atom. The van der Waals surface area contributed by atoms with Crippen LogP contribution in [0.1, 0.15) is 38.1 Å². The Morgan fingerprint density at radius 3 is 2.53 bits per heavy atom. The molecule has 0 radical (unpaired) electrons. The van der Waals surface area contributed by atoms with Gasteiger partial charge in [0.05, 0.1) is 6.04 Å². The fourth-order valence-electron chi connectivity index (χ4n) is 2.00. The standard InChI is InChI=1S/C12H16ClNO3S2/c1-7(14-11(15)8-6-12(8,2)3)9-4-5-10(18-9)19(13,16)17/h4-5,7-8H,6H2,1-3H3,(H,14,15). The van der Waals surface area contributed by atoms with Gasteiger partial charge in [-0.2, -0.15) is 0 Å². The third-order valence-electron chi connectivity index (χ3n) is 3.46. The third kappa shape index (κ3) is 3.30. The Hall–Kier alpha value is -0.590. The molecule has 2 atom stereocenters. The molecule has 1 fully saturated rings. The van der Waals surface area contributed by atoms with Crippen LogP contribution in [0.2, 0.25) is 0 Å². The summed E-state index contributed by atoms with van der Waals surface area (Å²) in [5, 5.41) is 2.91. The minimum absolute atomic E-state index is 0.0289. The Labute approximate surface area is 121 Å². The first-order valence-electron chi connectivity index (χ1n) is 5.96. The molecule has 0 saturated heterocycles. The van der Waals surface area contributed by atoms with Crippen molar-refractivity contribution in [2.45, 2.75) is 37.4 Å². The van der Waals surface area contributed by atoms with Crippen LogP contribution in [-0.4, -0.2) is 14.3 Å². The second-order valence-corrected chi connectivity index (χ2v) is 9.48. The van der Waals surface area contributed by atoms with Crippen molar-refractivity contribution in [3.05, 3.63) is 17.0 Å². The zero-order chi connectivity index (χ0) is 14.4. The molecule has 2 rings (SSSR count). The first-order valence-corrected chi connectivity index (χ1v) is 9.08. The van der Waals surface area contributed by atoms with Crippen LogP contribution in [0.5, 0.6) is 0 Å². The summed E-state index contributed by atoms with van der Waals surface area (Å²) in [6, 6.07) is 2.94. The molecule has 1 aliphatic carbocycles. The normalized spacial score (nSPS) is 22.8. The van der Waals surface area contributed by atoms with Gasteiger partial charge in [-0.1, -0.05) is 13.8 Å². The minimum Gasteiger partial charge on any atom is -0.349 e. The molecule has 0 aromatic carbocycles. The van der Waals surface area contributed by atoms with Gasteiger partial charge in [-0.05, 0) is 30.9 Å². The zero-order valence-electron chi connectivity index (χ0n) is 10.9. The molecule has 1 aromatic rings. The van der Waals surface area contributed by atoms with Gasteiger partial charge in [0.1, 0.15) is 4.21 Å². The Bertz CT molecular complexity index is 606. The summed E-state index contributed by atoms with van der Waals surface area (Å²) in [4.78, 5) is 12.7. The maximum Gasteiger partial charge on any atom is 0.270 e. The lowest BCUT2D eigenvalue weighted by molar-refractivity contribution is -0.123. The Kier molecular flexibility index (Phi) is 3.70. The average Bonchev–Trinajstić information content (AvgIpc) is 2.74. The van der Waals surface area contributed by atoms with E-state index < -0.39 is 9.05 Å². The molecule has 1 aliphatic rings. The van der Waals surface area contributed by atoms with Crippen molar-refractivity contribution in [2.24, 2.45) is 11.3 Å². The molecule has 1 aromatic heterocycles. The molecule has 1 heterocycles. The first-order chi connectivity index (χ1) is 8.61. The second kappa shape index (κ2) is 4.75. The predicted octanol–water partition coefficient (Wildman–Crippen LogP) is 2.90. The van der Waals surface area contributed by atoms with Gasteiger partial charge in [0.15, 0.2) is 0 Å². The summed E-state index contributed by atoms with van der Waals surface area (Å²) in [6.07, 6.45) is 0.900. The monoisotopic (exact) mass is 321 g/mol. The molecule has 2 unspecified atom stereocenters. The maximum atomic E-state index is 12.0. The van der Waals surface area contributed by atoms with Gasteiger partial charge in [0, 0.05) is 21.5 Å². The van der Waals surface area contributed by atoms with Crippen LogP contribution in [0.4, 0.5) is 0 Å². The highest BCUT2D eigenvalue weighted by Crippen LogP contribution is 2.51. The molecule has 1 saturated carbocycles. The molecule has 1 amide bonds. The van der Waals surface area contributed by atoms with E-state index in [1.165, 1.54) is 6.07 Å². The van der Waals surface area contributed by atoms with Crippen LogP contribution in [0.3, 0.4) is 0 Å². The number of rotatable bonds is 4. The van der Waals surface area contributed by atoms with Gasteiger partial charge in [0.2, 0.25) is 5.91 Å². The molecular formula is C12H16ClNO3S2. The van der Waals surface area contributed by atoms with E-state index in [9.17, 15) is 13.2 Å². The minimum atomic E-state index is -3.69. The van der Waals surface area contributed by atoms with Crippen LogP contribution < -0.4 is 5.32 Å². The number of hydrogen-bond acceptors (Lipinski definition) is 4. The lowest BCUT2D eigenvalue weighted by Crippen LogP contribution is -2.28. The van der Waals surface area contributed by atoms with Crippen LogP contribution in [0.25, 0.3) is 0 Å². The number of amides is 1. The van der Waals surface area contributed by atoms with Crippen molar-refractivity contribution >= 4 is 37.0 Å². The summed E-state index contributed by atoms with van der Waals surface area (Å²) in [6.45, 7) is 5.96. The molecule has 106 valence electrons. The molecule has 0 aliphatic heterocycles. The summed E-state index contributed by atoms with van der Waals surface area (Å²) in [5.41, 5.74) is 0.0872. The summed E-state index contributed by atoms with van der Waals surface area (Å²) < 4.78 is 22.5. The van der Waals surface area contributed by atoms with E-state index >= 15 is 0 Å². The maximum absolute atomic E-state index is 12.0. The largest absolute Gasteiger partial charge is 0.349 e. The zero-order valence-corrected chi connectivity index (χ0v) is 13.3. The topological polar surface area (TPSA) is 63.2 Å². The van der Waals surface area contributed by atoms with Crippen LogP contribution in [0.15, 0.2) is 16.3 Å². The number of carbonyl (C=O) groups is 1. The molecule has 19 heavy (non-hydrogen) atoms. The predicted molar refractivity (Wildman–Crippen MR) is 75.8 cm³/mol. The second-order valence-electron chi connectivity index (χ2n) is 5.57. The number of nitrogens with one attached hydrogen (secondary N) is 1. The smallest absolute Gasteiger partial charge is 0.270 e. The quantitative estimate of drug-likeness (QED) is 0.867. The number of carbonyl (C=O) groups excluding carboxylic acids is 1. The van der Waals surface area contributed by atoms with Crippen LogP contribution >= 0.6 is 22.0 Å². The molecule has 4 nitrogen and oxygen atoms in total. The fraction of sp³-hybridized carbons (Fsp3) is 0.583. The van der Waals surface area contributed by atoms with Gasteiger partial charge in [-0.25, -0.2) is 8.42 Å². The van der Waals surface area contributed by atoms with E-state index in [2.05, 4.69) is 19.2 Å². The van der Waals surface area contributed by atoms with Crippen molar-refractivity contribution in [1.82, 2.24) is 5.32 Å². The van der Waals surface area contributed by atoms with Crippen molar-refractivity contribution < 1.29 is 13.2 Å². The van der Waals surface area contributed by atoms with Gasteiger partial charge in [-0.3, -0.25) is 4.79 Å². The van der Waals surface area contributed by atoms with E-state index in [-0.39, 0.29) is 27.5 Å². The molecule has 0 spiro atoms. The van der Waals surface area contributed by atoms with Crippen LogP contribution in [-0.2, 0) is 13.8 Å². The average molecular weight is 322 g/mol. The molecule has 0 bridgehead atoms. The van der Waals surface area contributed by atoms with E-state index in [0.29, 0.717) is 0 Å². The van der Waals surface area contributed by atoms with Gasteiger partial charge in [0.25, 0.3) is 9.05 Å². The van der Waals surface area contributed by atoms with Gasteiger partial charge < -0.3 is 5.32 Å². The highest BCUT2D eigenvalue weighted by Gasteiger charge is 2.50. The molecule has 7 heteroatoms. The molecule has 1 N–H and O–H groups in total. The van der Waals surface area contributed by atoms with Crippen LogP contribution in [0, 0.1) is 11.3 Å². The highest BCUT2D eigenvalue weighted by atomic mass is 35.7. The van der Waals surface area contributed by atoms with E-state index in [4.69, 9.17) is 10.7 Å².